The van der Waals surface area contributed by atoms with Gasteiger partial charge in [-0.2, -0.15) is 0 Å². The van der Waals surface area contributed by atoms with Crippen molar-refractivity contribution in [3.63, 3.8) is 0 Å². The predicted octanol–water partition coefficient (Wildman–Crippen LogP) is 1.71. The Kier molecular flexibility index (Phi) is 2.15. The van der Waals surface area contributed by atoms with Crippen molar-refractivity contribution >= 4 is 17.1 Å². The number of aromatic carboxylic acids is 1. The van der Waals surface area contributed by atoms with Gasteiger partial charge in [0.15, 0.2) is 11.3 Å². The number of rotatable bonds is 2. The van der Waals surface area contributed by atoms with Crippen LogP contribution in [0.3, 0.4) is 0 Å². The molecule has 0 aliphatic carbocycles. The van der Waals surface area contributed by atoms with Crippen LogP contribution in [0.1, 0.15) is 30.4 Å². The van der Waals surface area contributed by atoms with Crippen LogP contribution in [0.15, 0.2) is 18.5 Å². The molecule has 0 unspecified atom stereocenters. The van der Waals surface area contributed by atoms with E-state index in [2.05, 4.69) is 9.97 Å². The number of aromatic nitrogens is 3. The summed E-state index contributed by atoms with van der Waals surface area (Å²) in [5.74, 6) is -1.02. The Morgan fingerprint density at radius 3 is 2.80 bits per heavy atom. The quantitative estimate of drug-likeness (QED) is 0.810. The van der Waals surface area contributed by atoms with E-state index in [1.54, 1.807) is 12.4 Å². The second-order valence-electron chi connectivity index (χ2n) is 3.59. The van der Waals surface area contributed by atoms with Gasteiger partial charge < -0.3 is 9.67 Å². The third-order valence-electron chi connectivity index (χ3n) is 2.20. The zero-order valence-corrected chi connectivity index (χ0v) is 8.51. The number of imidazole rings is 1. The molecule has 0 bridgehead atoms. The molecule has 1 N–H and O–H groups in total. The van der Waals surface area contributed by atoms with Crippen molar-refractivity contribution in [3.05, 3.63) is 24.2 Å². The van der Waals surface area contributed by atoms with Gasteiger partial charge in [-0.3, -0.25) is 0 Å². The molecule has 0 saturated heterocycles. The molecule has 0 aromatic carbocycles. The van der Waals surface area contributed by atoms with E-state index >= 15 is 0 Å². The lowest BCUT2D eigenvalue weighted by Crippen LogP contribution is -2.04. The van der Waals surface area contributed by atoms with Crippen molar-refractivity contribution < 1.29 is 9.90 Å². The second-order valence-corrected chi connectivity index (χ2v) is 3.59. The van der Waals surface area contributed by atoms with Crippen LogP contribution in [0.25, 0.3) is 11.2 Å². The van der Waals surface area contributed by atoms with Crippen LogP contribution in [0.4, 0.5) is 0 Å². The number of carboxylic acid groups (broad SMARTS) is 1. The lowest BCUT2D eigenvalue weighted by atomic mass is 10.3. The first-order valence-corrected chi connectivity index (χ1v) is 4.66. The minimum absolute atomic E-state index is 0.0462. The lowest BCUT2D eigenvalue weighted by molar-refractivity contribution is 0.0691. The van der Waals surface area contributed by atoms with E-state index in [1.807, 2.05) is 18.4 Å². The molecule has 2 heterocycles. The van der Waals surface area contributed by atoms with E-state index in [4.69, 9.17) is 5.11 Å². The smallest absolute Gasteiger partial charge is 0.354 e. The standard InChI is InChI=1S/C10H11N3O2/c1-6(2)13-5-11-7-3-4-8(10(14)15)12-9(7)13/h3-6H,1-2H3,(H,14,15). The van der Waals surface area contributed by atoms with Gasteiger partial charge in [0.1, 0.15) is 5.52 Å². The minimum atomic E-state index is -1.02. The van der Waals surface area contributed by atoms with Gasteiger partial charge in [-0.25, -0.2) is 14.8 Å². The maximum atomic E-state index is 10.8. The van der Waals surface area contributed by atoms with Gasteiger partial charge >= 0.3 is 5.97 Å². The molecule has 0 aliphatic rings. The molecule has 78 valence electrons. The molecule has 15 heavy (non-hydrogen) atoms. The largest absolute Gasteiger partial charge is 0.477 e. The van der Waals surface area contributed by atoms with Crippen LogP contribution in [0.5, 0.6) is 0 Å². The molecule has 5 heteroatoms. The Labute approximate surface area is 86.4 Å². The van der Waals surface area contributed by atoms with Crippen LogP contribution >= 0.6 is 0 Å². The third-order valence-corrected chi connectivity index (χ3v) is 2.20. The first kappa shape index (κ1) is 9.64. The second kappa shape index (κ2) is 3.34. The monoisotopic (exact) mass is 205 g/mol. The number of hydrogen-bond acceptors (Lipinski definition) is 3. The maximum absolute atomic E-state index is 10.8. The van der Waals surface area contributed by atoms with E-state index in [0.717, 1.165) is 0 Å². The SMILES string of the molecule is CC(C)n1cnc2ccc(C(=O)O)nc21. The zero-order valence-electron chi connectivity index (χ0n) is 8.51. The Morgan fingerprint density at radius 1 is 1.47 bits per heavy atom. The summed E-state index contributed by atoms with van der Waals surface area (Å²) in [7, 11) is 0. The Balaban J connectivity index is 2.66. The average molecular weight is 205 g/mol. The summed E-state index contributed by atoms with van der Waals surface area (Å²) in [4.78, 5) is 19.0. The van der Waals surface area contributed by atoms with Crippen LogP contribution in [-0.4, -0.2) is 25.6 Å². The van der Waals surface area contributed by atoms with Crippen LogP contribution in [-0.2, 0) is 0 Å². The molecule has 0 fully saturated rings. The summed E-state index contributed by atoms with van der Waals surface area (Å²) in [6, 6.07) is 3.35. The number of carbonyl (C=O) groups is 1. The summed E-state index contributed by atoms with van der Waals surface area (Å²) in [6.07, 6.45) is 1.67. The first-order valence-electron chi connectivity index (χ1n) is 4.66. The van der Waals surface area contributed by atoms with Gasteiger partial charge in [0.05, 0.1) is 6.33 Å². The molecule has 0 spiro atoms. The topological polar surface area (TPSA) is 68.0 Å². The van der Waals surface area contributed by atoms with Gasteiger partial charge in [-0.05, 0) is 26.0 Å². The van der Waals surface area contributed by atoms with E-state index in [0.29, 0.717) is 11.2 Å². The first-order chi connectivity index (χ1) is 7.09. The van der Waals surface area contributed by atoms with Gasteiger partial charge in [-0.1, -0.05) is 0 Å². The fraction of sp³-hybridized carbons (Fsp3) is 0.300. The van der Waals surface area contributed by atoms with Crippen molar-refractivity contribution in [1.82, 2.24) is 14.5 Å². The highest BCUT2D eigenvalue weighted by molar-refractivity contribution is 5.88. The number of fused-ring (bicyclic) bond motifs is 1. The molecular weight excluding hydrogens is 194 g/mol. The van der Waals surface area contributed by atoms with Crippen molar-refractivity contribution in [2.24, 2.45) is 0 Å². The lowest BCUT2D eigenvalue weighted by Gasteiger charge is -2.06. The van der Waals surface area contributed by atoms with Crippen molar-refractivity contribution in [3.8, 4) is 0 Å². The van der Waals surface area contributed by atoms with E-state index in [9.17, 15) is 4.79 Å². The van der Waals surface area contributed by atoms with Crippen LogP contribution in [0, 0.1) is 0 Å². The van der Waals surface area contributed by atoms with E-state index < -0.39 is 5.97 Å². The van der Waals surface area contributed by atoms with Gasteiger partial charge in [0, 0.05) is 6.04 Å². The summed E-state index contributed by atoms with van der Waals surface area (Å²) < 4.78 is 1.85. The fourth-order valence-corrected chi connectivity index (χ4v) is 1.41. The van der Waals surface area contributed by atoms with E-state index in [1.165, 1.54) is 6.07 Å². The van der Waals surface area contributed by atoms with Crippen LogP contribution in [0.2, 0.25) is 0 Å². The molecule has 2 aromatic heterocycles. The Morgan fingerprint density at radius 2 is 2.20 bits per heavy atom. The minimum Gasteiger partial charge on any atom is -0.477 e. The van der Waals surface area contributed by atoms with E-state index in [-0.39, 0.29) is 11.7 Å². The zero-order chi connectivity index (χ0) is 11.0. The molecule has 2 aromatic rings. The summed E-state index contributed by atoms with van der Waals surface area (Å²) in [6.45, 7) is 3.99. The average Bonchev–Trinajstić information content (AvgIpc) is 2.59. The summed E-state index contributed by atoms with van der Waals surface area (Å²) in [5, 5.41) is 8.82. The summed E-state index contributed by atoms with van der Waals surface area (Å²) in [5.41, 5.74) is 1.38. The highest BCUT2D eigenvalue weighted by Gasteiger charge is 2.10. The number of pyridine rings is 1. The third kappa shape index (κ3) is 1.56. The fourth-order valence-electron chi connectivity index (χ4n) is 1.41. The molecule has 0 aliphatic heterocycles. The maximum Gasteiger partial charge on any atom is 0.354 e. The molecule has 0 saturated carbocycles. The Bertz CT molecular complexity index is 516. The highest BCUT2D eigenvalue weighted by Crippen LogP contribution is 2.15. The van der Waals surface area contributed by atoms with Crippen molar-refractivity contribution in [2.75, 3.05) is 0 Å². The van der Waals surface area contributed by atoms with Crippen molar-refractivity contribution in [1.29, 1.82) is 0 Å². The highest BCUT2D eigenvalue weighted by atomic mass is 16.4. The normalized spacial score (nSPS) is 11.1. The number of nitrogens with zero attached hydrogens (tertiary/aromatic N) is 3. The number of hydrogen-bond donors (Lipinski definition) is 1. The molecule has 0 radical (unpaired) electrons. The van der Waals surface area contributed by atoms with Crippen LogP contribution < -0.4 is 0 Å². The number of carboxylic acids is 1. The summed E-state index contributed by atoms with van der Waals surface area (Å²) >= 11 is 0. The molecule has 5 nitrogen and oxygen atoms in total. The molecule has 0 atom stereocenters. The molecular formula is C10H11N3O2. The van der Waals surface area contributed by atoms with Gasteiger partial charge in [0.25, 0.3) is 0 Å². The Hall–Kier alpha value is -1.91. The predicted molar refractivity (Wildman–Crippen MR) is 54.9 cm³/mol. The van der Waals surface area contributed by atoms with Crippen molar-refractivity contribution in [2.45, 2.75) is 19.9 Å². The van der Waals surface area contributed by atoms with Gasteiger partial charge in [-0.15, -0.1) is 0 Å². The molecule has 2 rings (SSSR count). The van der Waals surface area contributed by atoms with Gasteiger partial charge in [0.2, 0.25) is 0 Å². The molecule has 0 amide bonds.